The van der Waals surface area contributed by atoms with Crippen molar-refractivity contribution >= 4 is 17.5 Å². The number of nitrogens with one attached hydrogen (secondary N) is 1. The van der Waals surface area contributed by atoms with E-state index in [1.54, 1.807) is 30.1 Å². The molecule has 136 valence electrons. The molecule has 1 aliphatic heterocycles. The molecule has 0 aliphatic carbocycles. The quantitative estimate of drug-likeness (QED) is 0.914. The zero-order chi connectivity index (χ0) is 18.7. The Kier molecular flexibility index (Phi) is 5.11. The minimum absolute atomic E-state index is 0.112. The van der Waals surface area contributed by atoms with E-state index >= 15 is 0 Å². The molecule has 2 amide bonds. The zero-order valence-corrected chi connectivity index (χ0v) is 15.1. The molecule has 1 atom stereocenters. The first kappa shape index (κ1) is 17.8. The number of nitrogens with zero attached hydrogens (tertiary/aromatic N) is 1. The van der Waals surface area contributed by atoms with Gasteiger partial charge in [-0.2, -0.15) is 0 Å². The second-order valence-electron chi connectivity index (χ2n) is 6.25. The molecular formula is C20H22N2O4. The number of benzene rings is 2. The summed E-state index contributed by atoms with van der Waals surface area (Å²) in [5.41, 5.74) is 2.75. The Morgan fingerprint density at radius 3 is 2.73 bits per heavy atom. The zero-order valence-electron chi connectivity index (χ0n) is 15.1. The van der Waals surface area contributed by atoms with Gasteiger partial charge in [0.05, 0.1) is 12.2 Å². The molecule has 0 saturated heterocycles. The van der Waals surface area contributed by atoms with Crippen LogP contribution in [0.3, 0.4) is 0 Å². The van der Waals surface area contributed by atoms with Crippen molar-refractivity contribution in [3.63, 3.8) is 0 Å². The first-order valence-electron chi connectivity index (χ1n) is 8.47. The summed E-state index contributed by atoms with van der Waals surface area (Å²) in [5.74, 6) is 0.683. The molecule has 0 aromatic heterocycles. The van der Waals surface area contributed by atoms with Crippen molar-refractivity contribution in [2.45, 2.75) is 20.0 Å². The van der Waals surface area contributed by atoms with Crippen LogP contribution in [-0.2, 0) is 9.59 Å². The molecular weight excluding hydrogens is 332 g/mol. The number of amides is 2. The van der Waals surface area contributed by atoms with Gasteiger partial charge in [-0.3, -0.25) is 9.59 Å². The van der Waals surface area contributed by atoms with Crippen LogP contribution in [0.1, 0.15) is 11.1 Å². The lowest BCUT2D eigenvalue weighted by Crippen LogP contribution is -2.51. The van der Waals surface area contributed by atoms with E-state index < -0.39 is 6.10 Å². The van der Waals surface area contributed by atoms with Crippen molar-refractivity contribution in [1.29, 1.82) is 0 Å². The summed E-state index contributed by atoms with van der Waals surface area (Å²) in [6, 6.07) is 13.0. The highest BCUT2D eigenvalue weighted by Crippen LogP contribution is 2.33. The van der Waals surface area contributed by atoms with Crippen LogP contribution in [0.5, 0.6) is 11.5 Å². The average Bonchev–Trinajstić information content (AvgIpc) is 2.65. The number of anilines is 1. The highest BCUT2D eigenvalue weighted by molar-refractivity contribution is 5.98. The van der Waals surface area contributed by atoms with Gasteiger partial charge in [-0.25, -0.2) is 0 Å². The molecule has 2 aromatic carbocycles. The third kappa shape index (κ3) is 3.64. The van der Waals surface area contributed by atoms with Crippen LogP contribution in [-0.4, -0.2) is 38.1 Å². The predicted molar refractivity (Wildman–Crippen MR) is 98.7 cm³/mol. The van der Waals surface area contributed by atoms with Crippen molar-refractivity contribution in [2.75, 3.05) is 25.1 Å². The van der Waals surface area contributed by atoms with Gasteiger partial charge >= 0.3 is 0 Å². The van der Waals surface area contributed by atoms with Gasteiger partial charge in [-0.05, 0) is 37.6 Å². The van der Waals surface area contributed by atoms with Gasteiger partial charge in [-0.15, -0.1) is 0 Å². The third-order valence-electron chi connectivity index (χ3n) is 4.30. The summed E-state index contributed by atoms with van der Waals surface area (Å²) in [5, 5.41) is 2.56. The van der Waals surface area contributed by atoms with Crippen LogP contribution in [0.15, 0.2) is 42.5 Å². The summed E-state index contributed by atoms with van der Waals surface area (Å²) in [6.45, 7) is 3.98. The largest absolute Gasteiger partial charge is 0.483 e. The highest BCUT2D eigenvalue weighted by Gasteiger charge is 2.33. The number of ether oxygens (including phenoxy) is 2. The number of fused-ring (bicyclic) bond motifs is 1. The number of carbonyl (C=O) groups is 2. The van der Waals surface area contributed by atoms with E-state index in [-0.39, 0.29) is 25.0 Å². The molecule has 0 spiro atoms. The predicted octanol–water partition coefficient (Wildman–Crippen LogP) is 2.22. The number of aryl methyl sites for hydroxylation is 2. The molecule has 0 unspecified atom stereocenters. The summed E-state index contributed by atoms with van der Waals surface area (Å²) in [7, 11) is 1.54. The maximum atomic E-state index is 12.8. The molecule has 3 rings (SSSR count). The standard InChI is InChI=1S/C20H22N2O4/c1-13-8-9-16(14(2)10-13)25-12-19(23)22-11-18(20(24)21-3)26-17-7-5-4-6-15(17)22/h4-10,18H,11-12H2,1-3H3,(H,21,24)/t18-/m1/s1. The van der Waals surface area contributed by atoms with Crippen molar-refractivity contribution in [3.8, 4) is 11.5 Å². The number of hydrogen-bond donors (Lipinski definition) is 1. The maximum absolute atomic E-state index is 12.8. The molecule has 1 aliphatic rings. The fourth-order valence-corrected chi connectivity index (χ4v) is 2.95. The van der Waals surface area contributed by atoms with Crippen LogP contribution in [0.4, 0.5) is 5.69 Å². The molecule has 0 bridgehead atoms. The average molecular weight is 354 g/mol. The second-order valence-corrected chi connectivity index (χ2v) is 6.25. The number of carbonyl (C=O) groups excluding carboxylic acids is 2. The molecule has 6 heteroatoms. The second kappa shape index (κ2) is 7.47. The molecule has 26 heavy (non-hydrogen) atoms. The summed E-state index contributed by atoms with van der Waals surface area (Å²) in [4.78, 5) is 26.3. The molecule has 0 radical (unpaired) electrons. The summed E-state index contributed by atoms with van der Waals surface area (Å²) in [6.07, 6.45) is -0.750. The summed E-state index contributed by atoms with van der Waals surface area (Å²) >= 11 is 0. The van der Waals surface area contributed by atoms with Crippen LogP contribution < -0.4 is 19.7 Å². The van der Waals surface area contributed by atoms with Crippen molar-refractivity contribution in [3.05, 3.63) is 53.6 Å². The minimum atomic E-state index is -0.750. The van der Waals surface area contributed by atoms with Gasteiger partial charge in [0.15, 0.2) is 12.7 Å². The van der Waals surface area contributed by atoms with E-state index in [1.165, 1.54) is 0 Å². The smallest absolute Gasteiger partial charge is 0.265 e. The van der Waals surface area contributed by atoms with E-state index in [0.717, 1.165) is 11.1 Å². The van der Waals surface area contributed by atoms with Crippen LogP contribution >= 0.6 is 0 Å². The van der Waals surface area contributed by atoms with E-state index in [1.807, 2.05) is 38.1 Å². The first-order valence-corrected chi connectivity index (χ1v) is 8.47. The van der Waals surface area contributed by atoms with Gasteiger partial charge in [0.2, 0.25) is 0 Å². The van der Waals surface area contributed by atoms with Crippen molar-refractivity contribution in [1.82, 2.24) is 5.32 Å². The number of rotatable bonds is 4. The normalized spacial score (nSPS) is 15.7. The Morgan fingerprint density at radius 1 is 1.23 bits per heavy atom. The van der Waals surface area contributed by atoms with Gasteiger partial charge in [0.25, 0.3) is 11.8 Å². The van der Waals surface area contributed by atoms with Crippen molar-refractivity contribution < 1.29 is 19.1 Å². The Labute approximate surface area is 152 Å². The first-order chi connectivity index (χ1) is 12.5. The van der Waals surface area contributed by atoms with Crippen LogP contribution in [0, 0.1) is 13.8 Å². The Hall–Kier alpha value is -3.02. The fourth-order valence-electron chi connectivity index (χ4n) is 2.95. The number of para-hydroxylation sites is 2. The van der Waals surface area contributed by atoms with Crippen LogP contribution in [0.25, 0.3) is 0 Å². The van der Waals surface area contributed by atoms with Crippen LogP contribution in [0.2, 0.25) is 0 Å². The lowest BCUT2D eigenvalue weighted by Gasteiger charge is -2.34. The van der Waals surface area contributed by atoms with Gasteiger partial charge in [0, 0.05) is 7.05 Å². The molecule has 6 nitrogen and oxygen atoms in total. The van der Waals surface area contributed by atoms with Crippen molar-refractivity contribution in [2.24, 2.45) is 0 Å². The maximum Gasteiger partial charge on any atom is 0.265 e. The topological polar surface area (TPSA) is 67.9 Å². The van der Waals surface area contributed by atoms with E-state index in [2.05, 4.69) is 5.32 Å². The number of likely N-dealkylation sites (N-methyl/N-ethyl adjacent to an activating group) is 1. The van der Waals surface area contributed by atoms with Gasteiger partial charge in [0.1, 0.15) is 11.5 Å². The lowest BCUT2D eigenvalue weighted by atomic mass is 10.1. The van der Waals surface area contributed by atoms with Gasteiger partial charge in [-0.1, -0.05) is 29.8 Å². The molecule has 0 fully saturated rings. The lowest BCUT2D eigenvalue weighted by molar-refractivity contribution is -0.128. The van der Waals surface area contributed by atoms with Gasteiger partial charge < -0.3 is 19.7 Å². The number of hydrogen-bond acceptors (Lipinski definition) is 4. The van der Waals surface area contributed by atoms with E-state index in [9.17, 15) is 9.59 Å². The third-order valence-corrected chi connectivity index (χ3v) is 4.30. The Morgan fingerprint density at radius 2 is 2.00 bits per heavy atom. The molecule has 0 saturated carbocycles. The SMILES string of the molecule is CNC(=O)[C@H]1CN(C(=O)COc2ccc(C)cc2C)c2ccccc2O1. The minimum Gasteiger partial charge on any atom is -0.483 e. The summed E-state index contributed by atoms with van der Waals surface area (Å²) < 4.78 is 11.4. The fraction of sp³-hybridized carbons (Fsp3) is 0.300. The Bertz CT molecular complexity index is 834. The molecule has 1 heterocycles. The highest BCUT2D eigenvalue weighted by atomic mass is 16.5. The van der Waals surface area contributed by atoms with E-state index in [4.69, 9.17) is 9.47 Å². The monoisotopic (exact) mass is 354 g/mol. The van der Waals surface area contributed by atoms with E-state index in [0.29, 0.717) is 17.2 Å². The molecule has 1 N–H and O–H groups in total. The Balaban J connectivity index is 1.77. The molecule has 2 aromatic rings.